The van der Waals surface area contributed by atoms with Gasteiger partial charge in [0.25, 0.3) is 0 Å². The van der Waals surface area contributed by atoms with E-state index in [1.807, 2.05) is 31.2 Å². The average molecular weight is 418 g/mol. The molecule has 0 fully saturated rings. The summed E-state index contributed by atoms with van der Waals surface area (Å²) >= 11 is 1.49. The first-order valence-corrected chi connectivity index (χ1v) is 9.97. The van der Waals surface area contributed by atoms with Gasteiger partial charge in [0.05, 0.1) is 4.88 Å². The Hall–Kier alpha value is -3.77. The highest BCUT2D eigenvalue weighted by Crippen LogP contribution is 2.47. The Morgan fingerprint density at radius 1 is 0.967 bits per heavy atom. The van der Waals surface area contributed by atoms with E-state index in [-0.39, 0.29) is 11.5 Å². The van der Waals surface area contributed by atoms with Crippen LogP contribution >= 0.6 is 11.3 Å². The molecule has 4 aromatic rings. The molecule has 0 aliphatic rings. The van der Waals surface area contributed by atoms with E-state index in [4.69, 9.17) is 9.84 Å². The fourth-order valence-electron chi connectivity index (χ4n) is 3.13. The van der Waals surface area contributed by atoms with Crippen LogP contribution < -0.4 is 4.74 Å². The molecule has 0 unspecified atom stereocenters. The van der Waals surface area contributed by atoms with Crippen molar-refractivity contribution < 1.29 is 24.9 Å². The highest BCUT2D eigenvalue weighted by Gasteiger charge is 2.17. The van der Waals surface area contributed by atoms with Gasteiger partial charge in [-0.05, 0) is 84.3 Å². The third-order valence-corrected chi connectivity index (χ3v) is 5.77. The fourth-order valence-corrected chi connectivity index (χ4v) is 4.30. The van der Waals surface area contributed by atoms with Gasteiger partial charge in [0, 0.05) is 16.2 Å². The molecule has 150 valence electrons. The maximum absolute atomic E-state index is 10.7. The molecule has 3 aromatic carbocycles. The zero-order valence-electron chi connectivity index (χ0n) is 16.0. The lowest BCUT2D eigenvalue weighted by atomic mass is 10.1. The van der Waals surface area contributed by atoms with Crippen molar-refractivity contribution in [2.45, 2.75) is 6.92 Å². The van der Waals surface area contributed by atoms with Crippen molar-refractivity contribution in [1.82, 2.24) is 0 Å². The van der Waals surface area contributed by atoms with Crippen molar-refractivity contribution >= 4 is 33.5 Å². The van der Waals surface area contributed by atoms with Crippen LogP contribution in [-0.4, -0.2) is 21.3 Å². The molecule has 0 atom stereocenters. The molecule has 6 heteroatoms. The van der Waals surface area contributed by atoms with Crippen LogP contribution in [0.25, 0.3) is 26.6 Å². The number of ether oxygens (including phenoxy) is 1. The molecule has 3 N–H and O–H groups in total. The summed E-state index contributed by atoms with van der Waals surface area (Å²) in [5, 5.41) is 29.2. The number of hydrogen-bond acceptors (Lipinski definition) is 5. The van der Waals surface area contributed by atoms with Crippen LogP contribution in [0.1, 0.15) is 11.1 Å². The second kappa shape index (κ2) is 7.93. The maximum Gasteiger partial charge on any atom is 0.328 e. The lowest BCUT2D eigenvalue weighted by Crippen LogP contribution is -1.90. The number of carboxylic acid groups (broad SMARTS) is 1. The van der Waals surface area contributed by atoms with Gasteiger partial charge in [-0.1, -0.05) is 6.07 Å². The minimum atomic E-state index is -1.00. The molecular formula is C24H18O5S. The summed E-state index contributed by atoms with van der Waals surface area (Å²) in [5.41, 5.74) is 2.51. The number of aryl methyl sites for hydroxylation is 1. The van der Waals surface area contributed by atoms with E-state index in [0.717, 1.165) is 37.7 Å². The van der Waals surface area contributed by atoms with Crippen molar-refractivity contribution in [3.05, 3.63) is 77.9 Å². The largest absolute Gasteiger partial charge is 0.508 e. The predicted molar refractivity (Wildman–Crippen MR) is 119 cm³/mol. The third-order valence-electron chi connectivity index (χ3n) is 4.59. The van der Waals surface area contributed by atoms with Crippen LogP contribution in [0.5, 0.6) is 23.0 Å². The van der Waals surface area contributed by atoms with Crippen LogP contribution in [0, 0.1) is 6.92 Å². The number of phenolic OH excluding ortho intramolecular Hbond substituents is 2. The van der Waals surface area contributed by atoms with Crippen molar-refractivity contribution in [2.75, 3.05) is 0 Å². The van der Waals surface area contributed by atoms with Gasteiger partial charge in [-0.3, -0.25) is 0 Å². The molecule has 0 saturated carbocycles. The Bertz CT molecular complexity index is 1270. The number of thiophene rings is 1. The molecular weight excluding hydrogens is 400 g/mol. The molecule has 5 nitrogen and oxygen atoms in total. The van der Waals surface area contributed by atoms with E-state index in [1.165, 1.54) is 17.4 Å². The average Bonchev–Trinajstić information content (AvgIpc) is 3.06. The van der Waals surface area contributed by atoms with Gasteiger partial charge in [-0.15, -0.1) is 11.3 Å². The SMILES string of the molecule is Cc1cc(C=CC(=O)O)ccc1Oc1c(-c2ccc(O)cc2)sc2cc(O)ccc12. The van der Waals surface area contributed by atoms with Crippen molar-refractivity contribution in [3.8, 4) is 33.4 Å². The first-order valence-electron chi connectivity index (χ1n) is 9.15. The van der Waals surface area contributed by atoms with Crippen LogP contribution in [-0.2, 0) is 4.79 Å². The Labute approximate surface area is 176 Å². The van der Waals surface area contributed by atoms with Gasteiger partial charge < -0.3 is 20.1 Å². The summed E-state index contributed by atoms with van der Waals surface area (Å²) in [6.07, 6.45) is 2.63. The quantitative estimate of drug-likeness (QED) is 0.337. The van der Waals surface area contributed by atoms with Gasteiger partial charge in [0.1, 0.15) is 17.2 Å². The number of aromatic hydroxyl groups is 2. The lowest BCUT2D eigenvalue weighted by Gasteiger charge is -2.11. The minimum Gasteiger partial charge on any atom is -0.508 e. The topological polar surface area (TPSA) is 87.0 Å². The second-order valence-electron chi connectivity index (χ2n) is 6.79. The van der Waals surface area contributed by atoms with E-state index in [1.54, 1.807) is 36.4 Å². The van der Waals surface area contributed by atoms with Gasteiger partial charge in [0.2, 0.25) is 0 Å². The molecule has 0 radical (unpaired) electrons. The van der Waals surface area contributed by atoms with Crippen molar-refractivity contribution in [2.24, 2.45) is 0 Å². The summed E-state index contributed by atoms with van der Waals surface area (Å²) < 4.78 is 7.21. The second-order valence-corrected chi connectivity index (χ2v) is 7.84. The molecule has 0 amide bonds. The molecule has 1 heterocycles. The number of phenols is 2. The van der Waals surface area contributed by atoms with E-state index in [9.17, 15) is 15.0 Å². The predicted octanol–water partition coefficient (Wildman–Crippen LogP) is 6.18. The smallest absolute Gasteiger partial charge is 0.328 e. The molecule has 0 aliphatic heterocycles. The van der Waals surface area contributed by atoms with Crippen molar-refractivity contribution in [1.29, 1.82) is 0 Å². The number of carboxylic acids is 1. The molecule has 0 aliphatic carbocycles. The van der Waals surface area contributed by atoms with E-state index >= 15 is 0 Å². The Kier molecular flexibility index (Phi) is 5.16. The zero-order valence-corrected chi connectivity index (χ0v) is 16.8. The number of aliphatic carboxylic acids is 1. The highest BCUT2D eigenvalue weighted by molar-refractivity contribution is 7.22. The normalized spacial score (nSPS) is 11.2. The summed E-state index contributed by atoms with van der Waals surface area (Å²) in [6, 6.07) is 17.5. The molecule has 30 heavy (non-hydrogen) atoms. The lowest BCUT2D eigenvalue weighted by molar-refractivity contribution is -0.131. The maximum atomic E-state index is 10.7. The van der Waals surface area contributed by atoms with Gasteiger partial charge in [0.15, 0.2) is 5.75 Å². The Morgan fingerprint density at radius 2 is 1.70 bits per heavy atom. The first kappa shape index (κ1) is 19.5. The summed E-state index contributed by atoms with van der Waals surface area (Å²) in [4.78, 5) is 11.6. The van der Waals surface area contributed by atoms with Crippen molar-refractivity contribution in [3.63, 3.8) is 0 Å². The van der Waals surface area contributed by atoms with E-state index in [2.05, 4.69) is 0 Å². The van der Waals surface area contributed by atoms with Crippen LogP contribution in [0.4, 0.5) is 0 Å². The van der Waals surface area contributed by atoms with Crippen LogP contribution in [0.3, 0.4) is 0 Å². The van der Waals surface area contributed by atoms with Crippen LogP contribution in [0.15, 0.2) is 66.7 Å². The molecule has 0 bridgehead atoms. The standard InChI is InChI=1S/C24H18O5S/c1-14-12-15(3-11-22(27)28)2-10-20(14)29-23-19-9-8-18(26)13-21(19)30-24(23)16-4-6-17(25)7-5-16/h2-13,25-26H,1H3,(H,27,28). The monoisotopic (exact) mass is 418 g/mol. The van der Waals surface area contributed by atoms with E-state index < -0.39 is 5.97 Å². The minimum absolute atomic E-state index is 0.179. The first-order chi connectivity index (χ1) is 14.4. The number of fused-ring (bicyclic) bond motifs is 1. The summed E-state index contributed by atoms with van der Waals surface area (Å²) in [7, 11) is 0. The molecule has 1 aromatic heterocycles. The van der Waals surface area contributed by atoms with Crippen LogP contribution in [0.2, 0.25) is 0 Å². The number of benzene rings is 3. The zero-order chi connectivity index (χ0) is 21.3. The van der Waals surface area contributed by atoms with E-state index in [0.29, 0.717) is 11.5 Å². The summed E-state index contributed by atoms with van der Waals surface area (Å²) in [6.45, 7) is 1.90. The molecule has 4 rings (SSSR count). The Morgan fingerprint density at radius 3 is 2.40 bits per heavy atom. The van der Waals surface area contributed by atoms with Gasteiger partial charge in [-0.25, -0.2) is 4.79 Å². The Balaban J connectivity index is 1.79. The number of carbonyl (C=O) groups is 1. The highest BCUT2D eigenvalue weighted by atomic mass is 32.1. The molecule has 0 saturated heterocycles. The van der Waals surface area contributed by atoms with Gasteiger partial charge in [-0.2, -0.15) is 0 Å². The fraction of sp³-hybridized carbons (Fsp3) is 0.0417. The molecule has 0 spiro atoms. The number of hydrogen-bond donors (Lipinski definition) is 3. The van der Waals surface area contributed by atoms with Gasteiger partial charge >= 0.3 is 5.97 Å². The number of rotatable bonds is 5. The third kappa shape index (κ3) is 3.99. The summed E-state index contributed by atoms with van der Waals surface area (Å²) in [5.74, 6) is 0.673.